The Morgan fingerprint density at radius 2 is 2.20 bits per heavy atom. The first kappa shape index (κ1) is 10.1. The Hall–Kier alpha value is -1.43. The second-order valence-electron chi connectivity index (χ2n) is 3.32. The minimum Gasteiger partial charge on any atom is -0.630 e. The number of hydroxylamine groups is 2. The third-order valence-electron chi connectivity index (χ3n) is 2.23. The third kappa shape index (κ3) is 2.33. The maximum Gasteiger partial charge on any atom is 0.343 e. The predicted molar refractivity (Wildman–Crippen MR) is 52.8 cm³/mol. The highest BCUT2D eigenvalue weighted by molar-refractivity contribution is 5.89. The number of carbonyl (C=O) groups excluding carboxylic acids is 1. The fourth-order valence-electron chi connectivity index (χ4n) is 1.43. The van der Waals surface area contributed by atoms with Crippen LogP contribution in [0, 0.1) is 5.21 Å². The Bertz CT molecular complexity index is 342. The van der Waals surface area contributed by atoms with Crippen LogP contribution in [0.5, 0.6) is 0 Å². The van der Waals surface area contributed by atoms with Crippen molar-refractivity contribution in [2.75, 3.05) is 13.1 Å². The van der Waals surface area contributed by atoms with Gasteiger partial charge in [0.15, 0.2) is 0 Å². The van der Waals surface area contributed by atoms with Crippen molar-refractivity contribution in [3.8, 4) is 0 Å². The quantitative estimate of drug-likeness (QED) is 0.489. The van der Waals surface area contributed by atoms with Gasteiger partial charge in [-0.05, 0) is 12.1 Å². The average Bonchev–Trinajstić information content (AvgIpc) is 2.66. The molecule has 80 valence electrons. The summed E-state index contributed by atoms with van der Waals surface area (Å²) in [7, 11) is 0. The van der Waals surface area contributed by atoms with Crippen molar-refractivity contribution in [2.45, 2.75) is 6.35 Å². The second-order valence-corrected chi connectivity index (χ2v) is 3.32. The number of esters is 1. The molecule has 0 aliphatic carbocycles. The lowest BCUT2D eigenvalue weighted by molar-refractivity contribution is -0.884. The molecule has 2 unspecified atom stereocenters. The van der Waals surface area contributed by atoms with Crippen LogP contribution in [-0.4, -0.2) is 25.4 Å². The Morgan fingerprint density at radius 1 is 1.47 bits per heavy atom. The van der Waals surface area contributed by atoms with Gasteiger partial charge in [-0.15, -0.1) is 0 Å². The molecule has 5 nitrogen and oxygen atoms in total. The smallest absolute Gasteiger partial charge is 0.343 e. The molecular weight excluding hydrogens is 196 g/mol. The molecule has 0 amide bonds. The molecule has 0 radical (unpaired) electrons. The van der Waals surface area contributed by atoms with Crippen LogP contribution in [0.15, 0.2) is 30.3 Å². The van der Waals surface area contributed by atoms with Crippen molar-refractivity contribution in [3.05, 3.63) is 41.1 Å². The van der Waals surface area contributed by atoms with Gasteiger partial charge in [-0.1, -0.05) is 18.2 Å². The molecule has 1 aromatic carbocycles. The van der Waals surface area contributed by atoms with E-state index in [4.69, 9.17) is 4.74 Å². The fourth-order valence-corrected chi connectivity index (χ4v) is 1.43. The van der Waals surface area contributed by atoms with Crippen molar-refractivity contribution >= 4 is 5.97 Å². The van der Waals surface area contributed by atoms with Crippen molar-refractivity contribution < 1.29 is 14.6 Å². The largest absolute Gasteiger partial charge is 0.630 e. The van der Waals surface area contributed by atoms with Gasteiger partial charge in [-0.2, -0.15) is 0 Å². The summed E-state index contributed by atoms with van der Waals surface area (Å²) in [5.74, 6) is -0.469. The summed E-state index contributed by atoms with van der Waals surface area (Å²) < 4.78 is 5.01. The average molecular weight is 208 g/mol. The van der Waals surface area contributed by atoms with E-state index in [1.165, 1.54) is 0 Å². The SMILES string of the molecule is O=C(OC1NCC[NH+]1[O-])c1ccccc1. The van der Waals surface area contributed by atoms with E-state index >= 15 is 0 Å². The molecule has 0 bridgehead atoms. The zero-order valence-corrected chi connectivity index (χ0v) is 8.10. The summed E-state index contributed by atoms with van der Waals surface area (Å²) in [5.41, 5.74) is 0.457. The van der Waals surface area contributed by atoms with Crippen LogP contribution in [0.4, 0.5) is 0 Å². The lowest BCUT2D eigenvalue weighted by atomic mass is 10.2. The fraction of sp³-hybridized carbons (Fsp3) is 0.300. The first-order valence-corrected chi connectivity index (χ1v) is 4.79. The predicted octanol–water partition coefficient (Wildman–Crippen LogP) is -0.887. The van der Waals surface area contributed by atoms with Gasteiger partial charge in [-0.25, -0.2) is 10.1 Å². The minimum atomic E-state index is -0.766. The van der Waals surface area contributed by atoms with E-state index in [0.717, 1.165) is 0 Å². The van der Waals surface area contributed by atoms with Crippen molar-refractivity contribution in [3.63, 3.8) is 0 Å². The summed E-state index contributed by atoms with van der Waals surface area (Å²) in [6.07, 6.45) is -0.766. The lowest BCUT2D eigenvalue weighted by Gasteiger charge is -2.22. The van der Waals surface area contributed by atoms with Gasteiger partial charge < -0.3 is 15.0 Å². The molecule has 2 rings (SSSR count). The number of nitrogens with one attached hydrogen (secondary N) is 2. The number of benzene rings is 1. The molecule has 1 aliphatic heterocycles. The van der Waals surface area contributed by atoms with Gasteiger partial charge >= 0.3 is 5.97 Å². The summed E-state index contributed by atoms with van der Waals surface area (Å²) in [5, 5.41) is 13.9. The summed E-state index contributed by atoms with van der Waals surface area (Å²) >= 11 is 0. The molecule has 0 spiro atoms. The first-order chi connectivity index (χ1) is 7.27. The molecule has 0 saturated carbocycles. The molecule has 1 heterocycles. The molecule has 0 aromatic heterocycles. The zero-order valence-electron chi connectivity index (χ0n) is 8.10. The van der Waals surface area contributed by atoms with Crippen LogP contribution >= 0.6 is 0 Å². The van der Waals surface area contributed by atoms with E-state index in [1.807, 2.05) is 6.07 Å². The van der Waals surface area contributed by atoms with Crippen LogP contribution in [0.1, 0.15) is 10.4 Å². The Balaban J connectivity index is 1.98. The lowest BCUT2D eigenvalue weighted by Crippen LogP contribution is -3.10. The van der Waals surface area contributed by atoms with E-state index in [-0.39, 0.29) is 5.06 Å². The van der Waals surface area contributed by atoms with Crippen molar-refractivity contribution in [1.82, 2.24) is 5.32 Å². The van der Waals surface area contributed by atoms with E-state index in [1.54, 1.807) is 24.3 Å². The first-order valence-electron chi connectivity index (χ1n) is 4.79. The normalized spacial score (nSPS) is 25.1. The van der Waals surface area contributed by atoms with Gasteiger partial charge in [0, 0.05) is 0 Å². The van der Waals surface area contributed by atoms with Crippen LogP contribution in [0.3, 0.4) is 0 Å². The zero-order chi connectivity index (χ0) is 10.7. The molecule has 1 aliphatic rings. The highest BCUT2D eigenvalue weighted by Gasteiger charge is 2.25. The molecule has 2 atom stereocenters. The van der Waals surface area contributed by atoms with E-state index in [0.29, 0.717) is 18.7 Å². The number of hydrogen-bond acceptors (Lipinski definition) is 4. The number of hydrogen-bond donors (Lipinski definition) is 2. The van der Waals surface area contributed by atoms with Crippen molar-refractivity contribution in [2.24, 2.45) is 0 Å². The van der Waals surface area contributed by atoms with Crippen LogP contribution < -0.4 is 10.4 Å². The number of rotatable bonds is 2. The molecular formula is C10H12N2O3. The standard InChI is InChI=1S/C10H12N2O3/c13-9(8-4-2-1-3-5-8)15-10-11-6-7-12(10)14/h1-5,10-12H,6-7H2. The molecule has 2 N–H and O–H groups in total. The molecule has 1 saturated heterocycles. The number of carbonyl (C=O) groups is 1. The minimum absolute atomic E-state index is 0.0701. The highest BCUT2D eigenvalue weighted by atomic mass is 16.6. The number of ether oxygens (including phenoxy) is 1. The Labute approximate surface area is 87.2 Å². The number of quaternary nitrogens is 1. The summed E-state index contributed by atoms with van der Waals surface area (Å²) in [6, 6.07) is 8.63. The van der Waals surface area contributed by atoms with Gasteiger partial charge in [0.25, 0.3) is 6.35 Å². The maximum atomic E-state index is 11.5. The third-order valence-corrected chi connectivity index (χ3v) is 2.23. The summed E-state index contributed by atoms with van der Waals surface area (Å²) in [6.45, 7) is 0.998. The monoisotopic (exact) mass is 208 g/mol. The van der Waals surface area contributed by atoms with E-state index in [2.05, 4.69) is 5.32 Å². The van der Waals surface area contributed by atoms with Crippen molar-refractivity contribution in [1.29, 1.82) is 0 Å². The van der Waals surface area contributed by atoms with Gasteiger partial charge in [-0.3, -0.25) is 0 Å². The topological polar surface area (TPSA) is 65.8 Å². The van der Waals surface area contributed by atoms with Gasteiger partial charge in [0.1, 0.15) is 0 Å². The van der Waals surface area contributed by atoms with E-state index < -0.39 is 12.3 Å². The van der Waals surface area contributed by atoms with E-state index in [9.17, 15) is 10.0 Å². The van der Waals surface area contributed by atoms with Crippen LogP contribution in [-0.2, 0) is 4.74 Å². The highest BCUT2D eigenvalue weighted by Crippen LogP contribution is 2.01. The second kappa shape index (κ2) is 4.39. The Morgan fingerprint density at radius 3 is 2.80 bits per heavy atom. The van der Waals surface area contributed by atoms with Crippen LogP contribution in [0.2, 0.25) is 0 Å². The molecule has 15 heavy (non-hydrogen) atoms. The Kier molecular flexibility index (Phi) is 2.96. The summed E-state index contributed by atoms with van der Waals surface area (Å²) in [4.78, 5) is 11.5. The van der Waals surface area contributed by atoms with Gasteiger partial charge in [0.05, 0.1) is 18.7 Å². The van der Waals surface area contributed by atoms with Gasteiger partial charge in [0.2, 0.25) is 0 Å². The molecule has 1 fully saturated rings. The maximum absolute atomic E-state index is 11.5. The molecule has 1 aromatic rings. The van der Waals surface area contributed by atoms with Crippen LogP contribution in [0.25, 0.3) is 0 Å². The molecule has 5 heteroatoms.